The fraction of sp³-hybridized carbons (Fsp3) is 0.548. The molecule has 7 nitrogen and oxygen atoms in total. The van der Waals surface area contributed by atoms with Crippen LogP contribution in [0.15, 0.2) is 42.5 Å². The quantitative estimate of drug-likeness (QED) is 0.468. The second-order valence-corrected chi connectivity index (χ2v) is 11.5. The van der Waals surface area contributed by atoms with Crippen molar-refractivity contribution in [2.75, 3.05) is 26.4 Å². The molecule has 0 bridgehead atoms. The molecule has 0 spiro atoms. The highest BCUT2D eigenvalue weighted by Crippen LogP contribution is 2.47. The first kappa shape index (κ1) is 29.4. The molecular formula is C31H37F3N2O5. The summed E-state index contributed by atoms with van der Waals surface area (Å²) in [5.41, 5.74) is 0.189. The standard InChI is InChI=1S/C31H37F3N2O5/c1-3-40-28(38)23-6-4-5-22(15-23)21-10-13-35(14-11-21)26-9-12-30(17-26,20(2)37)29(39)36-18-24-16-25(31(32,33)34)7-8-27(24)41-19-36/h4-8,15-16,20-21,26,37H,3,9-14,17-19H2,1-2H3/t20?,26-,30+/m1/s1. The number of aliphatic hydroxyl groups excluding tert-OH is 1. The number of amides is 1. The van der Waals surface area contributed by atoms with E-state index < -0.39 is 23.3 Å². The second kappa shape index (κ2) is 11.6. The summed E-state index contributed by atoms with van der Waals surface area (Å²) in [6, 6.07) is 11.1. The largest absolute Gasteiger partial charge is 0.473 e. The number of ether oxygens (including phenoxy) is 2. The zero-order valence-electron chi connectivity index (χ0n) is 23.5. The minimum absolute atomic E-state index is 0.00742. The van der Waals surface area contributed by atoms with Crippen molar-refractivity contribution in [3.8, 4) is 5.75 Å². The van der Waals surface area contributed by atoms with Crippen LogP contribution in [-0.2, 0) is 22.3 Å². The first-order valence-corrected chi connectivity index (χ1v) is 14.3. The van der Waals surface area contributed by atoms with E-state index in [1.54, 1.807) is 19.9 Å². The Morgan fingerprint density at radius 3 is 2.59 bits per heavy atom. The van der Waals surface area contributed by atoms with Gasteiger partial charge in [-0.15, -0.1) is 0 Å². The number of hydrogen-bond donors (Lipinski definition) is 1. The van der Waals surface area contributed by atoms with Crippen LogP contribution in [0.2, 0.25) is 0 Å². The van der Waals surface area contributed by atoms with Crippen LogP contribution in [0.4, 0.5) is 13.2 Å². The zero-order chi connectivity index (χ0) is 29.4. The Kier molecular flexibility index (Phi) is 8.34. The normalized spacial score (nSPS) is 24.4. The molecule has 3 aliphatic rings. The summed E-state index contributed by atoms with van der Waals surface area (Å²) >= 11 is 0. The Hall–Kier alpha value is -3.11. The first-order valence-electron chi connectivity index (χ1n) is 14.3. The van der Waals surface area contributed by atoms with Crippen molar-refractivity contribution in [1.29, 1.82) is 0 Å². The zero-order valence-corrected chi connectivity index (χ0v) is 23.5. The Labute approximate surface area is 238 Å². The fourth-order valence-electron chi connectivity index (χ4n) is 6.71. The summed E-state index contributed by atoms with van der Waals surface area (Å²) in [5, 5.41) is 10.9. The minimum atomic E-state index is -4.49. The lowest BCUT2D eigenvalue weighted by atomic mass is 9.79. The maximum absolute atomic E-state index is 13.9. The number of hydrogen-bond acceptors (Lipinski definition) is 6. The number of halogens is 3. The van der Waals surface area contributed by atoms with Gasteiger partial charge in [-0.2, -0.15) is 13.2 Å². The van der Waals surface area contributed by atoms with Gasteiger partial charge in [0.2, 0.25) is 5.91 Å². The number of esters is 1. The van der Waals surface area contributed by atoms with Gasteiger partial charge in [0.05, 0.1) is 35.8 Å². The van der Waals surface area contributed by atoms with Gasteiger partial charge in [-0.25, -0.2) is 4.79 Å². The lowest BCUT2D eigenvalue weighted by molar-refractivity contribution is -0.153. The maximum Gasteiger partial charge on any atom is 0.416 e. The lowest BCUT2D eigenvalue weighted by Crippen LogP contribution is -2.51. The fourth-order valence-corrected chi connectivity index (χ4v) is 6.71. The van der Waals surface area contributed by atoms with E-state index in [0.717, 1.165) is 50.0 Å². The molecule has 2 aromatic carbocycles. The van der Waals surface area contributed by atoms with E-state index in [-0.39, 0.29) is 31.2 Å². The molecule has 222 valence electrons. The minimum Gasteiger partial charge on any atom is -0.473 e. The molecule has 1 saturated carbocycles. The Morgan fingerprint density at radius 1 is 1.15 bits per heavy atom. The van der Waals surface area contributed by atoms with E-state index >= 15 is 0 Å². The summed E-state index contributed by atoms with van der Waals surface area (Å²) in [6.07, 6.45) is -1.83. The number of likely N-dealkylation sites (tertiary alicyclic amines) is 1. The number of aliphatic hydroxyl groups is 1. The highest BCUT2D eigenvalue weighted by molar-refractivity contribution is 5.89. The van der Waals surface area contributed by atoms with E-state index in [1.165, 1.54) is 11.0 Å². The van der Waals surface area contributed by atoms with Gasteiger partial charge in [0.1, 0.15) is 5.75 Å². The van der Waals surface area contributed by atoms with Crippen LogP contribution in [0.1, 0.15) is 78.9 Å². The summed E-state index contributed by atoms with van der Waals surface area (Å²) in [5.74, 6) is 0.0643. The molecule has 1 saturated heterocycles. The van der Waals surface area contributed by atoms with Gasteiger partial charge in [-0.3, -0.25) is 4.79 Å². The van der Waals surface area contributed by atoms with E-state index in [9.17, 15) is 27.9 Å². The van der Waals surface area contributed by atoms with Crippen molar-refractivity contribution in [2.24, 2.45) is 5.41 Å². The van der Waals surface area contributed by atoms with Crippen LogP contribution in [0.5, 0.6) is 5.75 Å². The molecule has 2 heterocycles. The lowest BCUT2D eigenvalue weighted by Gasteiger charge is -2.40. The van der Waals surface area contributed by atoms with E-state index in [1.807, 2.05) is 18.2 Å². The summed E-state index contributed by atoms with van der Waals surface area (Å²) in [7, 11) is 0. The number of carbonyl (C=O) groups excluding carboxylic acids is 2. The third kappa shape index (κ3) is 5.95. The molecular weight excluding hydrogens is 537 g/mol. The van der Waals surface area contributed by atoms with Crippen molar-refractivity contribution in [3.05, 3.63) is 64.7 Å². The number of benzene rings is 2. The number of alkyl halides is 3. The third-order valence-corrected chi connectivity index (χ3v) is 9.08. The average Bonchev–Trinajstić information content (AvgIpc) is 3.43. The monoisotopic (exact) mass is 574 g/mol. The number of fused-ring (bicyclic) bond motifs is 1. The summed E-state index contributed by atoms with van der Waals surface area (Å²) in [6.45, 7) is 5.36. The van der Waals surface area contributed by atoms with Crippen molar-refractivity contribution < 1.29 is 37.3 Å². The van der Waals surface area contributed by atoms with Gasteiger partial charge in [0, 0.05) is 11.6 Å². The Balaban J connectivity index is 1.23. The van der Waals surface area contributed by atoms with Crippen molar-refractivity contribution in [3.63, 3.8) is 0 Å². The van der Waals surface area contributed by atoms with E-state index in [2.05, 4.69) is 4.90 Å². The predicted molar refractivity (Wildman–Crippen MR) is 145 cm³/mol. The summed E-state index contributed by atoms with van der Waals surface area (Å²) < 4.78 is 50.6. The van der Waals surface area contributed by atoms with Crippen LogP contribution in [0, 0.1) is 5.41 Å². The van der Waals surface area contributed by atoms with Crippen molar-refractivity contribution in [1.82, 2.24) is 9.80 Å². The molecule has 1 N–H and O–H groups in total. The molecule has 10 heteroatoms. The highest BCUT2D eigenvalue weighted by Gasteiger charge is 2.52. The smallest absolute Gasteiger partial charge is 0.416 e. The van der Waals surface area contributed by atoms with Gasteiger partial charge in [-0.05, 0) is 101 Å². The van der Waals surface area contributed by atoms with Crippen molar-refractivity contribution in [2.45, 2.75) is 76.7 Å². The number of nitrogens with zero attached hydrogens (tertiary/aromatic N) is 2. The highest BCUT2D eigenvalue weighted by atomic mass is 19.4. The Bertz CT molecular complexity index is 1270. The predicted octanol–water partition coefficient (Wildman–Crippen LogP) is 5.36. The third-order valence-electron chi connectivity index (χ3n) is 9.08. The molecule has 41 heavy (non-hydrogen) atoms. The number of piperidine rings is 1. The second-order valence-electron chi connectivity index (χ2n) is 11.5. The molecule has 0 aromatic heterocycles. The van der Waals surface area contributed by atoms with Gasteiger partial charge in [-0.1, -0.05) is 12.1 Å². The van der Waals surface area contributed by atoms with Gasteiger partial charge in [0.25, 0.3) is 0 Å². The van der Waals surface area contributed by atoms with Crippen LogP contribution >= 0.6 is 0 Å². The summed E-state index contributed by atoms with van der Waals surface area (Å²) in [4.78, 5) is 29.9. The molecule has 1 amide bonds. The van der Waals surface area contributed by atoms with Crippen LogP contribution in [0.25, 0.3) is 0 Å². The molecule has 5 rings (SSSR count). The molecule has 2 fully saturated rings. The maximum atomic E-state index is 13.9. The molecule has 1 aliphatic carbocycles. The topological polar surface area (TPSA) is 79.3 Å². The van der Waals surface area contributed by atoms with Crippen LogP contribution < -0.4 is 4.74 Å². The van der Waals surface area contributed by atoms with Crippen LogP contribution in [0.3, 0.4) is 0 Å². The van der Waals surface area contributed by atoms with E-state index in [4.69, 9.17) is 9.47 Å². The average molecular weight is 575 g/mol. The first-order chi connectivity index (χ1) is 19.5. The van der Waals surface area contributed by atoms with Gasteiger partial charge < -0.3 is 24.4 Å². The van der Waals surface area contributed by atoms with Crippen molar-refractivity contribution >= 4 is 11.9 Å². The molecule has 2 aromatic rings. The SMILES string of the molecule is CCOC(=O)c1cccc(C2CCN([C@@H]3CC[C@@](C(=O)N4COc5ccc(C(F)(F)F)cc5C4)(C(C)O)C3)CC2)c1. The van der Waals surface area contributed by atoms with Crippen LogP contribution in [-0.4, -0.2) is 65.4 Å². The van der Waals surface area contributed by atoms with Gasteiger partial charge in [0.15, 0.2) is 6.73 Å². The Morgan fingerprint density at radius 2 is 1.90 bits per heavy atom. The molecule has 0 radical (unpaired) electrons. The number of rotatable bonds is 6. The van der Waals surface area contributed by atoms with E-state index in [0.29, 0.717) is 42.2 Å². The molecule has 1 unspecified atom stereocenters. The molecule has 2 aliphatic heterocycles. The van der Waals surface area contributed by atoms with Gasteiger partial charge >= 0.3 is 12.1 Å². The number of carbonyl (C=O) groups is 2. The molecule has 3 atom stereocenters.